The van der Waals surface area contributed by atoms with Gasteiger partial charge in [0.1, 0.15) is 18.7 Å². The van der Waals surface area contributed by atoms with Crippen molar-refractivity contribution in [3.05, 3.63) is 18.5 Å². The van der Waals surface area contributed by atoms with Crippen LogP contribution in [-0.2, 0) is 0 Å². The Balaban J connectivity index is 1.76. The van der Waals surface area contributed by atoms with Gasteiger partial charge in [0.05, 0.1) is 0 Å². The first-order valence-electron chi connectivity index (χ1n) is 7.33. The van der Waals surface area contributed by atoms with Crippen LogP contribution in [0.1, 0.15) is 38.6 Å². The average molecular weight is 290 g/mol. The third-order valence-electron chi connectivity index (χ3n) is 4.28. The van der Waals surface area contributed by atoms with Crippen molar-refractivity contribution < 1.29 is 0 Å². The minimum absolute atomic E-state index is 0.0144. The van der Waals surface area contributed by atoms with E-state index in [0.717, 1.165) is 37.7 Å². The number of nitrogens with one attached hydrogen (secondary N) is 1. The largest absolute Gasteiger partial charge is 0.339 e. The van der Waals surface area contributed by atoms with E-state index in [4.69, 9.17) is 5.73 Å². The Morgan fingerprint density at radius 2 is 2.38 bits per heavy atom. The van der Waals surface area contributed by atoms with Gasteiger partial charge >= 0.3 is 0 Å². The summed E-state index contributed by atoms with van der Waals surface area (Å²) < 4.78 is 1.75. The molecule has 21 heavy (non-hydrogen) atoms. The number of hydrogen-bond acceptors (Lipinski definition) is 6. The number of piperidine rings is 1. The van der Waals surface area contributed by atoms with Crippen LogP contribution in [-0.4, -0.2) is 49.6 Å². The molecule has 2 atom stereocenters. The SMILES string of the molecule is CC(c1nc(N2CCCC(C)(CN)C2)n[nH]1)n1cncn1. The van der Waals surface area contributed by atoms with Gasteiger partial charge in [0.25, 0.3) is 0 Å². The Hall–Kier alpha value is -1.96. The molecule has 0 bridgehead atoms. The number of anilines is 1. The van der Waals surface area contributed by atoms with Gasteiger partial charge in [0, 0.05) is 13.1 Å². The molecule has 0 aromatic carbocycles. The zero-order valence-corrected chi connectivity index (χ0v) is 12.5. The molecule has 2 aromatic heterocycles. The highest BCUT2D eigenvalue weighted by Crippen LogP contribution is 2.30. The minimum Gasteiger partial charge on any atom is -0.339 e. The van der Waals surface area contributed by atoms with E-state index in [2.05, 4.69) is 37.1 Å². The highest BCUT2D eigenvalue weighted by atomic mass is 15.4. The van der Waals surface area contributed by atoms with E-state index in [9.17, 15) is 0 Å². The second-order valence-corrected chi connectivity index (χ2v) is 6.11. The van der Waals surface area contributed by atoms with Crippen molar-refractivity contribution in [2.75, 3.05) is 24.5 Å². The van der Waals surface area contributed by atoms with Crippen LogP contribution in [0.15, 0.2) is 12.7 Å². The summed E-state index contributed by atoms with van der Waals surface area (Å²) in [6, 6.07) is -0.0144. The van der Waals surface area contributed by atoms with E-state index in [-0.39, 0.29) is 11.5 Å². The lowest BCUT2D eigenvalue weighted by atomic mass is 9.82. The third kappa shape index (κ3) is 2.76. The number of nitrogens with zero attached hydrogens (tertiary/aromatic N) is 6. The smallest absolute Gasteiger partial charge is 0.244 e. The van der Waals surface area contributed by atoms with Crippen molar-refractivity contribution in [3.63, 3.8) is 0 Å². The maximum absolute atomic E-state index is 5.90. The molecule has 114 valence electrons. The van der Waals surface area contributed by atoms with Gasteiger partial charge in [-0.25, -0.2) is 9.67 Å². The Bertz CT molecular complexity index is 577. The average Bonchev–Trinajstić information content (AvgIpc) is 3.18. The first-order chi connectivity index (χ1) is 10.1. The van der Waals surface area contributed by atoms with Gasteiger partial charge in [-0.05, 0) is 31.7 Å². The number of aromatic amines is 1. The molecule has 2 aromatic rings. The van der Waals surface area contributed by atoms with E-state index in [1.54, 1.807) is 11.0 Å². The highest BCUT2D eigenvalue weighted by molar-refractivity contribution is 5.30. The molecule has 0 amide bonds. The maximum atomic E-state index is 5.90. The molecule has 3 N–H and O–H groups in total. The Morgan fingerprint density at radius 1 is 1.52 bits per heavy atom. The van der Waals surface area contributed by atoms with Crippen molar-refractivity contribution in [3.8, 4) is 0 Å². The zero-order chi connectivity index (χ0) is 14.9. The molecule has 0 radical (unpaired) electrons. The highest BCUT2D eigenvalue weighted by Gasteiger charge is 2.31. The lowest BCUT2D eigenvalue weighted by molar-refractivity contribution is 0.270. The summed E-state index contributed by atoms with van der Waals surface area (Å²) in [7, 11) is 0. The molecule has 0 aliphatic carbocycles. The van der Waals surface area contributed by atoms with Crippen LogP contribution in [0, 0.1) is 5.41 Å². The van der Waals surface area contributed by atoms with Crippen molar-refractivity contribution in [2.24, 2.45) is 11.1 Å². The van der Waals surface area contributed by atoms with Crippen molar-refractivity contribution >= 4 is 5.95 Å². The quantitative estimate of drug-likeness (QED) is 0.853. The summed E-state index contributed by atoms with van der Waals surface area (Å²) in [6.07, 6.45) is 5.48. The molecule has 8 nitrogen and oxygen atoms in total. The van der Waals surface area contributed by atoms with E-state index in [0.29, 0.717) is 6.54 Å². The number of hydrogen-bond donors (Lipinski definition) is 2. The minimum atomic E-state index is -0.0144. The fourth-order valence-electron chi connectivity index (χ4n) is 2.79. The zero-order valence-electron chi connectivity index (χ0n) is 12.5. The fraction of sp³-hybridized carbons (Fsp3) is 0.692. The summed E-state index contributed by atoms with van der Waals surface area (Å²) in [5.74, 6) is 1.53. The molecule has 3 heterocycles. The molecule has 1 aliphatic heterocycles. The Labute approximate surface area is 123 Å². The number of aromatic nitrogens is 6. The summed E-state index contributed by atoms with van der Waals surface area (Å²) in [6.45, 7) is 6.81. The van der Waals surface area contributed by atoms with Crippen LogP contribution >= 0.6 is 0 Å². The predicted molar refractivity (Wildman–Crippen MR) is 78.8 cm³/mol. The normalized spacial score (nSPS) is 24.2. The standard InChI is InChI=1S/C13H22N8/c1-10(21-9-15-8-16-21)11-17-12(19-18-11)20-5-3-4-13(2,6-14)7-20/h8-10H,3-7,14H2,1-2H3,(H,17,18,19). The second kappa shape index (κ2) is 5.44. The van der Waals surface area contributed by atoms with Gasteiger partial charge in [-0.3, -0.25) is 5.10 Å². The monoisotopic (exact) mass is 290 g/mol. The topological polar surface area (TPSA) is 102 Å². The first-order valence-corrected chi connectivity index (χ1v) is 7.33. The lowest BCUT2D eigenvalue weighted by Gasteiger charge is -2.39. The van der Waals surface area contributed by atoms with E-state index in [1.165, 1.54) is 6.33 Å². The van der Waals surface area contributed by atoms with Crippen molar-refractivity contribution in [1.82, 2.24) is 29.9 Å². The van der Waals surface area contributed by atoms with Crippen LogP contribution in [0.25, 0.3) is 0 Å². The fourth-order valence-corrected chi connectivity index (χ4v) is 2.79. The number of rotatable bonds is 4. The van der Waals surface area contributed by atoms with Crippen molar-refractivity contribution in [2.45, 2.75) is 32.7 Å². The Morgan fingerprint density at radius 3 is 3.10 bits per heavy atom. The number of H-pyrrole nitrogens is 1. The van der Waals surface area contributed by atoms with E-state index < -0.39 is 0 Å². The van der Waals surface area contributed by atoms with Gasteiger partial charge in [-0.1, -0.05) is 6.92 Å². The summed E-state index contributed by atoms with van der Waals surface area (Å²) >= 11 is 0. The summed E-state index contributed by atoms with van der Waals surface area (Å²) in [5, 5.41) is 11.5. The molecule has 0 saturated carbocycles. The molecule has 1 fully saturated rings. The summed E-state index contributed by atoms with van der Waals surface area (Å²) in [5.41, 5.74) is 6.05. The van der Waals surface area contributed by atoms with Crippen LogP contribution in [0.3, 0.4) is 0 Å². The molecule has 2 unspecified atom stereocenters. The van der Waals surface area contributed by atoms with Crippen molar-refractivity contribution in [1.29, 1.82) is 0 Å². The molecule has 1 aliphatic rings. The molecule has 3 rings (SSSR count). The number of nitrogens with two attached hydrogens (primary N) is 1. The third-order valence-corrected chi connectivity index (χ3v) is 4.28. The van der Waals surface area contributed by atoms with Gasteiger partial charge in [0.2, 0.25) is 5.95 Å². The molecule has 0 spiro atoms. The van der Waals surface area contributed by atoms with E-state index >= 15 is 0 Å². The molecule has 8 heteroatoms. The first kappa shape index (κ1) is 14.0. The van der Waals surface area contributed by atoms with Gasteiger partial charge < -0.3 is 10.6 Å². The van der Waals surface area contributed by atoms with Gasteiger partial charge in [0.15, 0.2) is 5.82 Å². The second-order valence-electron chi connectivity index (χ2n) is 6.11. The molecule has 1 saturated heterocycles. The lowest BCUT2D eigenvalue weighted by Crippen LogP contribution is -2.46. The van der Waals surface area contributed by atoms with E-state index in [1.807, 2.05) is 6.92 Å². The van der Waals surface area contributed by atoms with Crippen LogP contribution in [0.5, 0.6) is 0 Å². The predicted octanol–water partition coefficient (Wildman–Crippen LogP) is 0.571. The molecular formula is C13H22N8. The Kier molecular flexibility index (Phi) is 3.62. The maximum Gasteiger partial charge on any atom is 0.244 e. The van der Waals surface area contributed by atoms with Crippen LogP contribution < -0.4 is 10.6 Å². The van der Waals surface area contributed by atoms with Crippen LogP contribution in [0.4, 0.5) is 5.95 Å². The van der Waals surface area contributed by atoms with Crippen LogP contribution in [0.2, 0.25) is 0 Å². The summed E-state index contributed by atoms with van der Waals surface area (Å²) in [4.78, 5) is 10.8. The van der Waals surface area contributed by atoms with Gasteiger partial charge in [-0.15, -0.1) is 5.10 Å². The molecular weight excluding hydrogens is 268 g/mol. The van der Waals surface area contributed by atoms with Gasteiger partial charge in [-0.2, -0.15) is 10.1 Å².